The number of carbonyl (C=O) groups is 1. The number of carbonyl (C=O) groups excluding carboxylic acids is 1. The van der Waals surface area contributed by atoms with E-state index in [0.717, 1.165) is 46.8 Å². The quantitative estimate of drug-likeness (QED) is 0.487. The summed E-state index contributed by atoms with van der Waals surface area (Å²) in [4.78, 5) is 27.5. The average Bonchev–Trinajstić information content (AvgIpc) is 3.20. The minimum absolute atomic E-state index is 0.100. The number of benzene rings is 2. The molecular weight excluding hydrogens is 418 g/mol. The van der Waals surface area contributed by atoms with Crippen LogP contribution in [-0.4, -0.2) is 51.7 Å². The Morgan fingerprint density at radius 1 is 1.00 bits per heavy atom. The van der Waals surface area contributed by atoms with Crippen LogP contribution in [0.4, 0.5) is 23.1 Å². The average molecular weight is 444 g/mol. The van der Waals surface area contributed by atoms with E-state index in [4.69, 9.17) is 14.7 Å². The number of amides is 1. The maximum absolute atomic E-state index is 11.3. The lowest BCUT2D eigenvalue weighted by Gasteiger charge is -2.27. The van der Waals surface area contributed by atoms with Crippen LogP contribution in [0.1, 0.15) is 6.92 Å². The van der Waals surface area contributed by atoms with Gasteiger partial charge in [-0.2, -0.15) is 4.98 Å². The first-order valence-corrected chi connectivity index (χ1v) is 10.8. The van der Waals surface area contributed by atoms with E-state index >= 15 is 0 Å². The summed E-state index contributed by atoms with van der Waals surface area (Å²) in [6, 6.07) is 15.6. The van der Waals surface area contributed by atoms with Gasteiger partial charge < -0.3 is 24.8 Å². The minimum atomic E-state index is -0.100. The molecule has 0 bridgehead atoms. The van der Waals surface area contributed by atoms with Crippen molar-refractivity contribution in [2.24, 2.45) is 7.05 Å². The van der Waals surface area contributed by atoms with Gasteiger partial charge in [-0.15, -0.1) is 0 Å². The number of hydrogen-bond donors (Lipinski definition) is 2. The molecule has 1 fully saturated rings. The first-order valence-electron chi connectivity index (χ1n) is 10.8. The molecule has 33 heavy (non-hydrogen) atoms. The molecule has 0 saturated carbocycles. The molecule has 0 aliphatic carbocycles. The van der Waals surface area contributed by atoms with E-state index in [9.17, 15) is 4.79 Å². The maximum Gasteiger partial charge on any atom is 0.228 e. The molecule has 0 atom stereocenters. The van der Waals surface area contributed by atoms with Crippen molar-refractivity contribution in [3.8, 4) is 11.3 Å². The van der Waals surface area contributed by atoms with Crippen LogP contribution in [0.5, 0.6) is 0 Å². The van der Waals surface area contributed by atoms with E-state index < -0.39 is 0 Å². The van der Waals surface area contributed by atoms with Gasteiger partial charge in [0.15, 0.2) is 0 Å². The summed E-state index contributed by atoms with van der Waals surface area (Å²) in [5.41, 5.74) is 5.42. The Bertz CT molecular complexity index is 1290. The normalized spacial score (nSPS) is 13.8. The molecule has 0 radical (unpaired) electrons. The summed E-state index contributed by atoms with van der Waals surface area (Å²) < 4.78 is 7.50. The molecule has 0 unspecified atom stereocenters. The van der Waals surface area contributed by atoms with Gasteiger partial charge in [-0.3, -0.25) is 4.79 Å². The van der Waals surface area contributed by atoms with Crippen LogP contribution in [0.3, 0.4) is 0 Å². The Hall–Kier alpha value is -3.98. The monoisotopic (exact) mass is 443 g/mol. The topological polar surface area (TPSA) is 97.2 Å². The van der Waals surface area contributed by atoms with Crippen LogP contribution in [0.2, 0.25) is 0 Å². The fourth-order valence-corrected chi connectivity index (χ4v) is 3.82. The third kappa shape index (κ3) is 4.63. The first-order chi connectivity index (χ1) is 16.0. The van der Waals surface area contributed by atoms with Crippen molar-refractivity contribution in [1.82, 2.24) is 19.5 Å². The molecule has 3 heterocycles. The van der Waals surface area contributed by atoms with Crippen molar-refractivity contribution >= 4 is 40.1 Å². The highest BCUT2D eigenvalue weighted by Gasteiger charge is 2.17. The van der Waals surface area contributed by atoms with E-state index in [1.54, 1.807) is 0 Å². The largest absolute Gasteiger partial charge is 0.378 e. The van der Waals surface area contributed by atoms with Gasteiger partial charge in [-0.25, -0.2) is 9.97 Å². The molecule has 2 aromatic heterocycles. The zero-order valence-electron chi connectivity index (χ0n) is 18.6. The van der Waals surface area contributed by atoms with Gasteiger partial charge in [-0.05, 0) is 36.4 Å². The van der Waals surface area contributed by atoms with Crippen LogP contribution in [-0.2, 0) is 16.6 Å². The van der Waals surface area contributed by atoms with Gasteiger partial charge >= 0.3 is 0 Å². The lowest BCUT2D eigenvalue weighted by molar-refractivity contribution is -0.114. The number of aromatic nitrogens is 4. The minimum Gasteiger partial charge on any atom is -0.378 e. The summed E-state index contributed by atoms with van der Waals surface area (Å²) >= 11 is 0. The Balaban J connectivity index is 1.50. The molecule has 4 aromatic rings. The zero-order valence-corrected chi connectivity index (χ0v) is 18.6. The third-order valence-corrected chi connectivity index (χ3v) is 5.51. The summed E-state index contributed by atoms with van der Waals surface area (Å²) in [6.45, 7) is 4.29. The number of fused-ring (bicyclic) bond motifs is 1. The van der Waals surface area contributed by atoms with E-state index in [-0.39, 0.29) is 5.91 Å². The van der Waals surface area contributed by atoms with Crippen LogP contribution < -0.4 is 15.5 Å². The van der Waals surface area contributed by atoms with Gasteiger partial charge in [0.1, 0.15) is 5.82 Å². The standard InChI is InChI=1S/C24H25N7O2/c1-16(32)26-18-4-6-19(7-5-18)27-23-14-21(28-24(29-23)31-9-11-33-12-10-31)17-3-8-20-22(13-17)30(2)15-25-20/h3-8,13-15H,9-12H2,1-2H3,(H,26,32)(H,27,28,29). The van der Waals surface area contributed by atoms with Crippen LogP contribution in [0.25, 0.3) is 22.3 Å². The number of hydrogen-bond acceptors (Lipinski definition) is 7. The Morgan fingerprint density at radius 3 is 2.52 bits per heavy atom. The summed E-state index contributed by atoms with van der Waals surface area (Å²) in [5, 5.41) is 6.16. The highest BCUT2D eigenvalue weighted by atomic mass is 16.5. The predicted molar refractivity (Wildman–Crippen MR) is 129 cm³/mol. The smallest absolute Gasteiger partial charge is 0.228 e. The number of anilines is 4. The molecular formula is C24H25N7O2. The molecule has 1 saturated heterocycles. The number of rotatable bonds is 5. The lowest BCUT2D eigenvalue weighted by Crippen LogP contribution is -2.37. The highest BCUT2D eigenvalue weighted by molar-refractivity contribution is 5.89. The number of nitrogens with zero attached hydrogens (tertiary/aromatic N) is 5. The zero-order chi connectivity index (χ0) is 22.8. The SMILES string of the molecule is CC(=O)Nc1ccc(Nc2cc(-c3ccc4ncn(C)c4c3)nc(N3CCOCC3)n2)cc1. The van der Waals surface area contributed by atoms with Gasteiger partial charge in [0.05, 0.1) is 36.3 Å². The molecule has 1 amide bonds. The molecule has 168 valence electrons. The molecule has 2 N–H and O–H groups in total. The molecule has 9 nitrogen and oxygen atoms in total. The Labute approximate surface area is 191 Å². The summed E-state index contributed by atoms with van der Waals surface area (Å²) in [6.07, 6.45) is 1.81. The van der Waals surface area contributed by atoms with Crippen molar-refractivity contribution < 1.29 is 9.53 Å². The first kappa shape index (κ1) is 20.9. The van der Waals surface area contributed by atoms with Gasteiger partial charge in [0.2, 0.25) is 11.9 Å². The third-order valence-electron chi connectivity index (χ3n) is 5.51. The summed E-state index contributed by atoms with van der Waals surface area (Å²) in [7, 11) is 1.98. The van der Waals surface area contributed by atoms with Crippen molar-refractivity contribution in [3.05, 3.63) is 54.9 Å². The van der Waals surface area contributed by atoms with Gasteiger partial charge in [0, 0.05) is 50.1 Å². The van der Waals surface area contributed by atoms with Gasteiger partial charge in [0.25, 0.3) is 0 Å². The molecule has 1 aliphatic rings. The second kappa shape index (κ2) is 8.87. The van der Waals surface area contributed by atoms with E-state index in [2.05, 4.69) is 26.6 Å². The second-order valence-corrected chi connectivity index (χ2v) is 7.98. The van der Waals surface area contributed by atoms with Crippen molar-refractivity contribution in [3.63, 3.8) is 0 Å². The fourth-order valence-electron chi connectivity index (χ4n) is 3.82. The molecule has 5 rings (SSSR count). The molecule has 0 spiro atoms. The van der Waals surface area contributed by atoms with Crippen LogP contribution >= 0.6 is 0 Å². The molecule has 2 aromatic carbocycles. The van der Waals surface area contributed by atoms with E-state index in [1.165, 1.54) is 6.92 Å². The van der Waals surface area contributed by atoms with E-state index in [0.29, 0.717) is 25.0 Å². The van der Waals surface area contributed by atoms with Crippen molar-refractivity contribution in [2.75, 3.05) is 41.8 Å². The van der Waals surface area contributed by atoms with Gasteiger partial charge in [-0.1, -0.05) is 6.07 Å². The van der Waals surface area contributed by atoms with Crippen molar-refractivity contribution in [1.29, 1.82) is 0 Å². The van der Waals surface area contributed by atoms with Crippen molar-refractivity contribution in [2.45, 2.75) is 6.92 Å². The highest BCUT2D eigenvalue weighted by Crippen LogP contribution is 2.28. The van der Waals surface area contributed by atoms with Crippen LogP contribution in [0.15, 0.2) is 54.9 Å². The number of aryl methyl sites for hydroxylation is 1. The molecule has 9 heteroatoms. The van der Waals surface area contributed by atoms with Crippen LogP contribution in [0, 0.1) is 0 Å². The summed E-state index contributed by atoms with van der Waals surface area (Å²) in [5.74, 6) is 1.26. The lowest BCUT2D eigenvalue weighted by atomic mass is 10.1. The second-order valence-electron chi connectivity index (χ2n) is 7.98. The predicted octanol–water partition coefficient (Wildman–Crippen LogP) is 3.57. The number of imidazole rings is 1. The Kier molecular flexibility index (Phi) is 5.62. The number of morpholine rings is 1. The number of ether oxygens (including phenoxy) is 1. The fraction of sp³-hybridized carbons (Fsp3) is 0.250. The van der Waals surface area contributed by atoms with E-state index in [1.807, 2.05) is 60.4 Å². The maximum atomic E-state index is 11.3. The molecule has 1 aliphatic heterocycles. The Morgan fingerprint density at radius 2 is 1.76 bits per heavy atom. The number of nitrogens with one attached hydrogen (secondary N) is 2.